The van der Waals surface area contributed by atoms with Crippen LogP contribution < -0.4 is 10.6 Å². The molecule has 0 atom stereocenters. The highest BCUT2D eigenvalue weighted by molar-refractivity contribution is 7.90. The van der Waals surface area contributed by atoms with Gasteiger partial charge in [0.25, 0.3) is 0 Å². The predicted octanol–water partition coefficient (Wildman–Crippen LogP) is 4.11. The molecule has 4 rings (SSSR count). The molecule has 1 aliphatic heterocycles. The maximum atomic E-state index is 14.4. The molecular formula is C18H14F4N4O2S2. The van der Waals surface area contributed by atoms with Gasteiger partial charge in [-0.3, -0.25) is 0 Å². The number of rotatable bonds is 4. The van der Waals surface area contributed by atoms with Gasteiger partial charge in [-0.25, -0.2) is 22.8 Å². The van der Waals surface area contributed by atoms with Crippen LogP contribution in [0.5, 0.6) is 0 Å². The molecule has 12 heteroatoms. The van der Waals surface area contributed by atoms with Crippen molar-refractivity contribution in [3.8, 4) is 10.6 Å². The van der Waals surface area contributed by atoms with Crippen molar-refractivity contribution < 1.29 is 26.0 Å². The quantitative estimate of drug-likeness (QED) is 0.573. The minimum atomic E-state index is -4.76. The zero-order valence-corrected chi connectivity index (χ0v) is 17.0. The number of sulfone groups is 1. The monoisotopic (exact) mass is 458 g/mol. The van der Waals surface area contributed by atoms with Gasteiger partial charge in [0.15, 0.2) is 9.84 Å². The first-order valence-electron chi connectivity index (χ1n) is 8.54. The number of aromatic nitrogens is 2. The van der Waals surface area contributed by atoms with Crippen molar-refractivity contribution in [3.63, 3.8) is 0 Å². The molecule has 0 bridgehead atoms. The molecule has 1 aromatic carbocycles. The predicted molar refractivity (Wildman–Crippen MR) is 104 cm³/mol. The topological polar surface area (TPSA) is 84.0 Å². The largest absolute Gasteiger partial charge is 0.420 e. The SMILES string of the molecule is CS(=O)(=O)c1csc(-c2nc(Nc3cc4c(cc3F)CNC4)ncc2C(F)(F)F)c1. The van der Waals surface area contributed by atoms with Crippen LogP contribution in [0.1, 0.15) is 16.7 Å². The molecule has 0 saturated carbocycles. The Morgan fingerprint density at radius 3 is 2.50 bits per heavy atom. The van der Waals surface area contributed by atoms with Crippen LogP contribution >= 0.6 is 11.3 Å². The Labute approximate surface area is 172 Å². The van der Waals surface area contributed by atoms with Gasteiger partial charge in [-0.2, -0.15) is 13.2 Å². The number of alkyl halides is 3. The molecule has 2 aromatic heterocycles. The van der Waals surface area contributed by atoms with E-state index in [9.17, 15) is 26.0 Å². The zero-order valence-electron chi connectivity index (χ0n) is 15.3. The van der Waals surface area contributed by atoms with Crippen LogP contribution in [-0.4, -0.2) is 24.6 Å². The molecule has 0 saturated heterocycles. The van der Waals surface area contributed by atoms with E-state index in [-0.39, 0.29) is 21.4 Å². The summed E-state index contributed by atoms with van der Waals surface area (Å²) in [6, 6.07) is 4.03. The van der Waals surface area contributed by atoms with Gasteiger partial charge < -0.3 is 10.6 Å². The Bertz CT molecular complexity index is 1240. The number of thiophene rings is 1. The maximum absolute atomic E-state index is 14.4. The summed E-state index contributed by atoms with van der Waals surface area (Å²) in [5, 5.41) is 6.94. The standard InChI is InChI=1S/C18H14F4N4O2S2/c1-30(27,28)11-4-15(29-8-11)16-12(18(20,21)22)7-24-17(26-16)25-14-3-10-6-23-5-9(10)2-13(14)19/h2-4,7-8,23H,5-6H2,1H3,(H,24,25,26). The van der Waals surface area contributed by atoms with E-state index in [2.05, 4.69) is 20.6 Å². The number of nitrogens with zero attached hydrogens (tertiary/aromatic N) is 2. The molecule has 0 fully saturated rings. The van der Waals surface area contributed by atoms with E-state index in [4.69, 9.17) is 0 Å². The summed E-state index contributed by atoms with van der Waals surface area (Å²) in [4.78, 5) is 7.50. The summed E-state index contributed by atoms with van der Waals surface area (Å²) in [7, 11) is -3.59. The number of hydrogen-bond donors (Lipinski definition) is 2. The van der Waals surface area contributed by atoms with Crippen LogP contribution in [0.25, 0.3) is 10.6 Å². The second-order valence-electron chi connectivity index (χ2n) is 6.70. The highest BCUT2D eigenvalue weighted by Gasteiger charge is 2.36. The first kappa shape index (κ1) is 20.7. The van der Waals surface area contributed by atoms with Gasteiger partial charge in [0.1, 0.15) is 11.4 Å². The van der Waals surface area contributed by atoms with Crippen LogP contribution in [-0.2, 0) is 29.1 Å². The van der Waals surface area contributed by atoms with Gasteiger partial charge in [0.05, 0.1) is 21.2 Å². The summed E-state index contributed by atoms with van der Waals surface area (Å²) in [5.74, 6) is -0.824. The molecule has 0 amide bonds. The number of nitrogens with one attached hydrogen (secondary N) is 2. The van der Waals surface area contributed by atoms with Gasteiger partial charge >= 0.3 is 6.18 Å². The van der Waals surface area contributed by atoms with Crippen LogP contribution in [0, 0.1) is 5.82 Å². The Morgan fingerprint density at radius 2 is 1.87 bits per heavy atom. The third-order valence-corrected chi connectivity index (χ3v) is 6.68. The summed E-state index contributed by atoms with van der Waals surface area (Å²) in [5.41, 5.74) is 0.101. The first-order chi connectivity index (χ1) is 14.0. The fourth-order valence-corrected chi connectivity index (χ4v) is 5.03. The summed E-state index contributed by atoms with van der Waals surface area (Å²) in [6.45, 7) is 1.08. The van der Waals surface area contributed by atoms with Gasteiger partial charge in [-0.05, 0) is 29.3 Å². The molecule has 0 spiro atoms. The fourth-order valence-electron chi connectivity index (χ4n) is 3.01. The number of anilines is 2. The molecule has 6 nitrogen and oxygen atoms in total. The number of halogens is 4. The van der Waals surface area contributed by atoms with Crippen molar-refractivity contribution in [1.29, 1.82) is 0 Å². The van der Waals surface area contributed by atoms with Gasteiger partial charge in [-0.1, -0.05) is 0 Å². The highest BCUT2D eigenvalue weighted by atomic mass is 32.2. The number of hydrogen-bond acceptors (Lipinski definition) is 7. The van der Waals surface area contributed by atoms with E-state index >= 15 is 0 Å². The van der Waals surface area contributed by atoms with Gasteiger partial charge in [0, 0.05) is 30.9 Å². The van der Waals surface area contributed by atoms with E-state index in [1.165, 1.54) is 11.4 Å². The molecule has 0 aliphatic carbocycles. The lowest BCUT2D eigenvalue weighted by molar-refractivity contribution is -0.137. The number of fused-ring (bicyclic) bond motifs is 1. The van der Waals surface area contributed by atoms with Crippen LogP contribution in [0.2, 0.25) is 0 Å². The smallest absolute Gasteiger partial charge is 0.322 e. The fraction of sp³-hybridized carbons (Fsp3) is 0.222. The van der Waals surface area contributed by atoms with Crippen molar-refractivity contribution in [2.45, 2.75) is 24.2 Å². The van der Waals surface area contributed by atoms with E-state index in [1.54, 1.807) is 6.07 Å². The Balaban J connectivity index is 1.77. The molecule has 3 aromatic rings. The van der Waals surface area contributed by atoms with E-state index in [0.717, 1.165) is 34.8 Å². The second kappa shape index (κ2) is 7.29. The first-order valence-corrected chi connectivity index (χ1v) is 11.3. The lowest BCUT2D eigenvalue weighted by Crippen LogP contribution is -2.11. The Kier molecular flexibility index (Phi) is 5.03. The van der Waals surface area contributed by atoms with E-state index in [0.29, 0.717) is 19.3 Å². The lowest BCUT2D eigenvalue weighted by atomic mass is 10.1. The summed E-state index contributed by atoms with van der Waals surface area (Å²) >= 11 is 0.815. The molecular weight excluding hydrogens is 444 g/mol. The maximum Gasteiger partial charge on any atom is 0.420 e. The van der Waals surface area contributed by atoms with Crippen molar-refractivity contribution in [3.05, 3.63) is 52.3 Å². The third-order valence-electron chi connectivity index (χ3n) is 4.50. The molecule has 1 aliphatic rings. The number of benzene rings is 1. The lowest BCUT2D eigenvalue weighted by Gasteiger charge is -2.13. The van der Waals surface area contributed by atoms with Crippen LogP contribution in [0.15, 0.2) is 34.7 Å². The van der Waals surface area contributed by atoms with Crippen molar-refractivity contribution in [2.75, 3.05) is 11.6 Å². The van der Waals surface area contributed by atoms with Crippen molar-refractivity contribution in [2.24, 2.45) is 0 Å². The molecule has 158 valence electrons. The normalized spacial score (nSPS) is 14.0. The van der Waals surface area contributed by atoms with Crippen molar-refractivity contribution in [1.82, 2.24) is 15.3 Å². The van der Waals surface area contributed by atoms with Crippen molar-refractivity contribution >= 4 is 32.8 Å². The van der Waals surface area contributed by atoms with Gasteiger partial charge in [-0.15, -0.1) is 11.3 Å². The average molecular weight is 458 g/mol. The zero-order chi connectivity index (χ0) is 21.7. The Hall–Kier alpha value is -2.57. The molecule has 0 unspecified atom stereocenters. The minimum Gasteiger partial charge on any atom is -0.322 e. The van der Waals surface area contributed by atoms with E-state index < -0.39 is 33.1 Å². The molecule has 0 radical (unpaired) electrons. The molecule has 3 heterocycles. The average Bonchev–Trinajstić information content (AvgIpc) is 3.30. The second-order valence-corrected chi connectivity index (χ2v) is 9.63. The summed E-state index contributed by atoms with van der Waals surface area (Å²) in [6.07, 6.45) is -3.20. The van der Waals surface area contributed by atoms with Gasteiger partial charge in [0.2, 0.25) is 5.95 Å². The van der Waals surface area contributed by atoms with Crippen LogP contribution in [0.3, 0.4) is 0 Å². The summed E-state index contributed by atoms with van der Waals surface area (Å²) < 4.78 is 78.1. The van der Waals surface area contributed by atoms with E-state index in [1.807, 2.05) is 0 Å². The Morgan fingerprint density at radius 1 is 1.17 bits per heavy atom. The molecule has 2 N–H and O–H groups in total. The molecule has 30 heavy (non-hydrogen) atoms. The third kappa shape index (κ3) is 4.02. The highest BCUT2D eigenvalue weighted by Crippen LogP contribution is 2.39. The van der Waals surface area contributed by atoms with Crippen LogP contribution in [0.4, 0.5) is 29.2 Å². The minimum absolute atomic E-state index is 0.00632.